The highest BCUT2D eigenvalue weighted by atomic mass is 79.9. The van der Waals surface area contributed by atoms with Gasteiger partial charge in [0.1, 0.15) is 6.61 Å². The van der Waals surface area contributed by atoms with Gasteiger partial charge in [0, 0.05) is 22.3 Å². The van der Waals surface area contributed by atoms with Crippen LogP contribution in [0.15, 0.2) is 46.9 Å². The number of cyclic esters (lactones) is 1. The van der Waals surface area contributed by atoms with E-state index in [0.29, 0.717) is 17.7 Å². The first-order valence-electron chi connectivity index (χ1n) is 7.54. The summed E-state index contributed by atoms with van der Waals surface area (Å²) in [5, 5.41) is 0. The van der Waals surface area contributed by atoms with Crippen LogP contribution >= 0.6 is 15.9 Å². The summed E-state index contributed by atoms with van der Waals surface area (Å²) in [7, 11) is 0. The Hall–Kier alpha value is -1.80. The molecule has 0 saturated carbocycles. The molecule has 1 heterocycles. The number of hydrogen-bond acceptors (Lipinski definition) is 5. The number of carbonyl (C=O) groups excluding carboxylic acids is 1. The molecular weight excluding hydrogens is 406 g/mol. The molecule has 1 aliphatic rings. The zero-order chi connectivity index (χ0) is 18.0. The van der Waals surface area contributed by atoms with E-state index in [2.05, 4.69) is 15.9 Å². The van der Waals surface area contributed by atoms with E-state index in [9.17, 15) is 13.6 Å². The Morgan fingerprint density at radius 3 is 2.44 bits per heavy atom. The fourth-order valence-corrected chi connectivity index (χ4v) is 3.74. The lowest BCUT2D eigenvalue weighted by atomic mass is 9.95. The second-order valence-electron chi connectivity index (χ2n) is 5.59. The van der Waals surface area contributed by atoms with Crippen LogP contribution in [0.25, 0.3) is 11.1 Å². The van der Waals surface area contributed by atoms with Gasteiger partial charge in [-0.15, -0.1) is 0 Å². The van der Waals surface area contributed by atoms with Crippen molar-refractivity contribution in [3.8, 4) is 0 Å². The van der Waals surface area contributed by atoms with E-state index in [-0.39, 0.29) is 18.3 Å². The summed E-state index contributed by atoms with van der Waals surface area (Å²) in [6.07, 6.45) is 0. The summed E-state index contributed by atoms with van der Waals surface area (Å²) in [6, 6.07) is 12.7. The molecule has 0 amide bonds. The van der Waals surface area contributed by atoms with Gasteiger partial charge in [0.25, 0.3) is 0 Å². The van der Waals surface area contributed by atoms with Crippen LogP contribution in [0, 0.1) is 0 Å². The summed E-state index contributed by atoms with van der Waals surface area (Å²) in [5.74, 6) is -0.401. The molecule has 5 nitrogen and oxygen atoms in total. The van der Waals surface area contributed by atoms with Crippen LogP contribution in [0.3, 0.4) is 0 Å². The normalized spacial score (nSPS) is 15.4. The molecule has 0 aliphatic carbocycles. The van der Waals surface area contributed by atoms with E-state index in [4.69, 9.17) is 10.5 Å². The molecule has 1 aliphatic heterocycles. The standard InChI is InChI=1S/C18H16BrNO4S/c19-16-7-13(5-6-14(16)8-20)17-15(9-24-18(17)21)12-3-1-11(2-4-12)10-25(22)23/h1-7H,8-10,20H2,(H,22,23)/p-1. The Morgan fingerprint density at radius 2 is 1.84 bits per heavy atom. The van der Waals surface area contributed by atoms with Crippen molar-refractivity contribution in [2.24, 2.45) is 5.73 Å². The van der Waals surface area contributed by atoms with Crippen LogP contribution in [0.4, 0.5) is 0 Å². The van der Waals surface area contributed by atoms with Crippen molar-refractivity contribution in [1.82, 2.24) is 0 Å². The number of esters is 1. The van der Waals surface area contributed by atoms with Crippen molar-refractivity contribution in [2.75, 3.05) is 6.61 Å². The maximum atomic E-state index is 12.2. The third-order valence-corrected chi connectivity index (χ3v) is 5.31. The number of nitrogens with two attached hydrogens (primary N) is 1. The average Bonchev–Trinajstić information content (AvgIpc) is 2.96. The van der Waals surface area contributed by atoms with Crippen molar-refractivity contribution in [2.45, 2.75) is 12.3 Å². The smallest absolute Gasteiger partial charge is 0.339 e. The van der Waals surface area contributed by atoms with Gasteiger partial charge in [-0.2, -0.15) is 0 Å². The molecule has 7 heteroatoms. The van der Waals surface area contributed by atoms with E-state index in [1.165, 1.54) is 0 Å². The average molecular weight is 421 g/mol. The minimum Gasteiger partial charge on any atom is -0.772 e. The number of hydrogen-bond donors (Lipinski definition) is 1. The molecule has 0 saturated heterocycles. The highest BCUT2D eigenvalue weighted by molar-refractivity contribution is 9.10. The van der Waals surface area contributed by atoms with E-state index in [0.717, 1.165) is 26.7 Å². The van der Waals surface area contributed by atoms with Crippen LogP contribution in [-0.2, 0) is 32.9 Å². The third kappa shape index (κ3) is 3.90. The van der Waals surface area contributed by atoms with Gasteiger partial charge in [0.15, 0.2) is 0 Å². The zero-order valence-electron chi connectivity index (χ0n) is 13.2. The molecular formula is C18H15BrNO4S-. The summed E-state index contributed by atoms with van der Waals surface area (Å²) in [5.41, 5.74) is 10.2. The highest BCUT2D eigenvalue weighted by Gasteiger charge is 2.27. The van der Waals surface area contributed by atoms with Gasteiger partial charge in [-0.3, -0.25) is 4.21 Å². The first-order valence-corrected chi connectivity index (χ1v) is 9.57. The summed E-state index contributed by atoms with van der Waals surface area (Å²) in [4.78, 5) is 12.2. The minimum absolute atomic E-state index is 0.0326. The molecule has 130 valence electrons. The molecule has 2 aromatic rings. The van der Waals surface area contributed by atoms with Crippen molar-refractivity contribution in [3.05, 3.63) is 69.2 Å². The third-order valence-electron chi connectivity index (χ3n) is 4.00. The van der Waals surface area contributed by atoms with Crippen LogP contribution in [0.5, 0.6) is 0 Å². The molecule has 3 rings (SSSR count). The van der Waals surface area contributed by atoms with Gasteiger partial charge >= 0.3 is 5.97 Å². The molecule has 25 heavy (non-hydrogen) atoms. The zero-order valence-corrected chi connectivity index (χ0v) is 15.6. The van der Waals surface area contributed by atoms with Crippen molar-refractivity contribution < 1.29 is 18.3 Å². The Labute approximate surface area is 156 Å². The Balaban J connectivity index is 2.01. The maximum absolute atomic E-state index is 12.2. The highest BCUT2D eigenvalue weighted by Crippen LogP contribution is 2.34. The molecule has 0 aromatic heterocycles. The number of carbonyl (C=O) groups is 1. The van der Waals surface area contributed by atoms with Crippen LogP contribution < -0.4 is 5.73 Å². The second-order valence-corrected chi connectivity index (χ2v) is 7.34. The lowest BCUT2D eigenvalue weighted by Gasteiger charge is -2.09. The summed E-state index contributed by atoms with van der Waals surface area (Å²) < 4.78 is 27.6. The molecule has 2 aromatic carbocycles. The first-order chi connectivity index (χ1) is 12.0. The largest absolute Gasteiger partial charge is 0.772 e. The minimum atomic E-state index is -2.13. The van der Waals surface area contributed by atoms with Crippen molar-refractivity contribution in [3.63, 3.8) is 0 Å². The van der Waals surface area contributed by atoms with E-state index >= 15 is 0 Å². The Kier molecular flexibility index (Phi) is 5.48. The summed E-state index contributed by atoms with van der Waals surface area (Å²) in [6.45, 7) is 0.594. The first kappa shape index (κ1) is 18.0. The number of rotatable bonds is 5. The molecule has 2 N–H and O–H groups in total. The predicted molar refractivity (Wildman–Crippen MR) is 98.9 cm³/mol. The monoisotopic (exact) mass is 420 g/mol. The number of benzene rings is 2. The van der Waals surface area contributed by atoms with Gasteiger partial charge in [-0.25, -0.2) is 4.79 Å². The number of ether oxygens (including phenoxy) is 1. The topological polar surface area (TPSA) is 92.5 Å². The molecule has 1 atom stereocenters. The Bertz CT molecular complexity index is 877. The summed E-state index contributed by atoms with van der Waals surface area (Å²) >= 11 is 1.34. The van der Waals surface area contributed by atoms with Gasteiger partial charge in [0.2, 0.25) is 0 Å². The lowest BCUT2D eigenvalue weighted by molar-refractivity contribution is -0.133. The predicted octanol–water partition coefficient (Wildman–Crippen LogP) is 2.75. The van der Waals surface area contributed by atoms with Gasteiger partial charge in [-0.1, -0.05) is 63.4 Å². The van der Waals surface area contributed by atoms with E-state index in [1.54, 1.807) is 12.1 Å². The van der Waals surface area contributed by atoms with E-state index < -0.39 is 11.1 Å². The van der Waals surface area contributed by atoms with Gasteiger partial charge in [-0.05, 0) is 28.3 Å². The van der Waals surface area contributed by atoms with Crippen molar-refractivity contribution in [1.29, 1.82) is 0 Å². The maximum Gasteiger partial charge on any atom is 0.339 e. The number of halogens is 1. The fourth-order valence-electron chi connectivity index (χ4n) is 2.73. The van der Waals surface area contributed by atoms with Crippen LogP contribution in [0.1, 0.15) is 22.3 Å². The van der Waals surface area contributed by atoms with E-state index in [1.807, 2.05) is 30.3 Å². The van der Waals surface area contributed by atoms with Crippen LogP contribution in [0.2, 0.25) is 0 Å². The quantitative estimate of drug-likeness (QED) is 0.592. The Morgan fingerprint density at radius 1 is 1.16 bits per heavy atom. The fraction of sp³-hybridized carbons (Fsp3) is 0.167. The molecule has 0 fully saturated rings. The SMILES string of the molecule is NCc1ccc(C2=C(c3ccc(CS(=O)[O-])cc3)COC2=O)cc1Br. The molecule has 0 spiro atoms. The second kappa shape index (κ2) is 7.61. The van der Waals surface area contributed by atoms with Gasteiger partial charge in [0.05, 0.1) is 5.57 Å². The molecule has 0 bridgehead atoms. The molecule has 1 unspecified atom stereocenters. The lowest BCUT2D eigenvalue weighted by Crippen LogP contribution is -2.01. The van der Waals surface area contributed by atoms with Crippen LogP contribution in [-0.4, -0.2) is 21.3 Å². The van der Waals surface area contributed by atoms with Gasteiger partial charge < -0.3 is 15.0 Å². The van der Waals surface area contributed by atoms with Crippen molar-refractivity contribution >= 4 is 44.1 Å². The molecule has 0 radical (unpaired) electrons.